The first-order chi connectivity index (χ1) is 17.9. The van der Waals surface area contributed by atoms with Crippen molar-refractivity contribution in [1.82, 2.24) is 14.9 Å². The molecule has 0 unspecified atom stereocenters. The van der Waals surface area contributed by atoms with Crippen LogP contribution in [0.4, 0.5) is 11.5 Å². The van der Waals surface area contributed by atoms with Crippen molar-refractivity contribution < 1.29 is 4.79 Å². The van der Waals surface area contributed by atoms with Crippen LogP contribution in [-0.4, -0.2) is 32.9 Å². The first-order valence-electron chi connectivity index (χ1n) is 12.8. The van der Waals surface area contributed by atoms with Crippen LogP contribution >= 0.6 is 0 Å². The summed E-state index contributed by atoms with van der Waals surface area (Å²) in [6.45, 7) is 9.24. The molecule has 0 spiro atoms. The number of nitrogens with zero attached hydrogens (tertiary/aromatic N) is 3. The van der Waals surface area contributed by atoms with Gasteiger partial charge in [0, 0.05) is 49.5 Å². The number of hydrogen-bond donors (Lipinski definition) is 2. The Labute approximate surface area is 219 Å². The van der Waals surface area contributed by atoms with Gasteiger partial charge in [0.05, 0.1) is 5.56 Å². The van der Waals surface area contributed by atoms with Crippen LogP contribution in [0, 0.1) is 0 Å². The molecule has 0 aliphatic rings. The lowest BCUT2D eigenvalue weighted by Gasteiger charge is -2.32. The highest BCUT2D eigenvalue weighted by atomic mass is 16.2. The van der Waals surface area contributed by atoms with Crippen molar-refractivity contribution in [3.63, 3.8) is 0 Å². The summed E-state index contributed by atoms with van der Waals surface area (Å²) >= 11 is 0. The van der Waals surface area contributed by atoms with E-state index in [2.05, 4.69) is 57.0 Å². The minimum atomic E-state index is -0.0217. The van der Waals surface area contributed by atoms with Crippen LogP contribution < -0.4 is 10.6 Å². The molecule has 6 heteroatoms. The molecule has 2 aromatic carbocycles. The molecule has 0 saturated carbocycles. The molecule has 37 heavy (non-hydrogen) atoms. The summed E-state index contributed by atoms with van der Waals surface area (Å²) in [7, 11) is 0. The molecule has 2 N–H and O–H groups in total. The fraction of sp³-hybridized carbons (Fsp3) is 0.258. The number of pyridine rings is 2. The molecule has 1 amide bonds. The minimum Gasteiger partial charge on any atom is -0.381 e. The van der Waals surface area contributed by atoms with Crippen LogP contribution in [0.15, 0.2) is 91.4 Å². The van der Waals surface area contributed by atoms with Gasteiger partial charge in [-0.05, 0) is 80.3 Å². The highest BCUT2D eigenvalue weighted by Crippen LogP contribution is 2.25. The summed E-state index contributed by atoms with van der Waals surface area (Å²) in [6.07, 6.45) is 5.29. The van der Waals surface area contributed by atoms with Crippen molar-refractivity contribution >= 4 is 17.4 Å². The van der Waals surface area contributed by atoms with Gasteiger partial charge in [-0.15, -0.1) is 0 Å². The van der Waals surface area contributed by atoms with E-state index >= 15 is 0 Å². The lowest BCUT2D eigenvalue weighted by molar-refractivity contribution is 0.0643. The van der Waals surface area contributed by atoms with E-state index in [0.29, 0.717) is 24.5 Å². The van der Waals surface area contributed by atoms with Gasteiger partial charge in [-0.2, -0.15) is 0 Å². The fourth-order valence-corrected chi connectivity index (χ4v) is 4.51. The van der Waals surface area contributed by atoms with Crippen molar-refractivity contribution in [3.05, 3.63) is 108 Å². The Bertz CT molecular complexity index is 1280. The average Bonchev–Trinajstić information content (AvgIpc) is 2.91. The van der Waals surface area contributed by atoms with Crippen LogP contribution in [0.25, 0.3) is 11.1 Å². The van der Waals surface area contributed by atoms with Gasteiger partial charge in [-0.3, -0.25) is 9.78 Å². The third-order valence-electron chi connectivity index (χ3n) is 6.28. The van der Waals surface area contributed by atoms with Crippen LogP contribution in [0.1, 0.15) is 49.2 Å². The Hall–Kier alpha value is -4.19. The van der Waals surface area contributed by atoms with E-state index in [-0.39, 0.29) is 18.0 Å². The van der Waals surface area contributed by atoms with Gasteiger partial charge >= 0.3 is 0 Å². The smallest absolute Gasteiger partial charge is 0.258 e. The molecule has 4 rings (SSSR count). The molecule has 0 bridgehead atoms. The Morgan fingerprint density at radius 3 is 2.05 bits per heavy atom. The highest BCUT2D eigenvalue weighted by molar-refractivity contribution is 6.00. The van der Waals surface area contributed by atoms with Crippen molar-refractivity contribution in [1.29, 1.82) is 0 Å². The zero-order chi connectivity index (χ0) is 26.2. The molecule has 0 aliphatic heterocycles. The lowest BCUT2D eigenvalue weighted by Crippen LogP contribution is -2.42. The number of benzene rings is 2. The molecule has 0 radical (unpaired) electrons. The second-order valence-electron chi connectivity index (χ2n) is 9.60. The van der Waals surface area contributed by atoms with Crippen LogP contribution in [-0.2, 0) is 13.1 Å². The highest BCUT2D eigenvalue weighted by Gasteiger charge is 2.27. The van der Waals surface area contributed by atoms with Gasteiger partial charge in [0.1, 0.15) is 5.82 Å². The Kier molecular flexibility index (Phi) is 8.52. The van der Waals surface area contributed by atoms with Gasteiger partial charge < -0.3 is 15.5 Å². The number of rotatable bonds is 10. The second-order valence-corrected chi connectivity index (χ2v) is 9.60. The number of nitrogens with one attached hydrogen (secondary N) is 2. The van der Waals surface area contributed by atoms with E-state index in [1.54, 1.807) is 18.6 Å². The molecular formula is C31H35N5O. The Morgan fingerprint density at radius 1 is 0.757 bits per heavy atom. The van der Waals surface area contributed by atoms with Crippen LogP contribution in [0.2, 0.25) is 0 Å². The second kappa shape index (κ2) is 12.2. The summed E-state index contributed by atoms with van der Waals surface area (Å²) in [5.41, 5.74) is 5.91. The largest absolute Gasteiger partial charge is 0.381 e. The van der Waals surface area contributed by atoms with E-state index < -0.39 is 0 Å². The quantitative estimate of drug-likeness (QED) is 0.260. The molecular weight excluding hydrogens is 458 g/mol. The summed E-state index contributed by atoms with van der Waals surface area (Å²) in [6, 6.07) is 24.6. The van der Waals surface area contributed by atoms with E-state index in [1.807, 2.05) is 69.0 Å². The Morgan fingerprint density at radius 2 is 1.41 bits per heavy atom. The number of hydrogen-bond acceptors (Lipinski definition) is 5. The molecule has 0 atom stereocenters. The predicted octanol–water partition coefficient (Wildman–Crippen LogP) is 6.63. The van der Waals surface area contributed by atoms with Gasteiger partial charge in [0.25, 0.3) is 5.91 Å². The average molecular weight is 494 g/mol. The molecule has 190 valence electrons. The summed E-state index contributed by atoms with van der Waals surface area (Å²) in [5.74, 6) is 0.568. The van der Waals surface area contributed by atoms with Gasteiger partial charge in [0.2, 0.25) is 0 Å². The van der Waals surface area contributed by atoms with Crippen molar-refractivity contribution in [2.45, 2.75) is 52.9 Å². The zero-order valence-corrected chi connectivity index (χ0v) is 22.0. The van der Waals surface area contributed by atoms with Gasteiger partial charge in [-0.25, -0.2) is 4.98 Å². The molecule has 2 heterocycles. The minimum absolute atomic E-state index is 0.0217. The summed E-state index contributed by atoms with van der Waals surface area (Å²) < 4.78 is 0. The standard InChI is InChI=1S/C31H35N5O/c1-22(2)36(23(3)4)31(37)29-27(16-19-33-30(29)35-20-24-14-17-32-18-15-24)21-34-28-12-10-26(11-13-28)25-8-6-5-7-9-25/h5-19,22-23,34H,20-21H2,1-4H3,(H,33,35). The van der Waals surface area contributed by atoms with Crippen molar-refractivity contribution in [3.8, 4) is 11.1 Å². The molecule has 0 saturated heterocycles. The lowest BCUT2D eigenvalue weighted by atomic mass is 10.0. The van der Waals surface area contributed by atoms with Crippen LogP contribution in [0.3, 0.4) is 0 Å². The van der Waals surface area contributed by atoms with E-state index in [1.165, 1.54) is 5.56 Å². The normalized spacial score (nSPS) is 11.0. The topological polar surface area (TPSA) is 70.2 Å². The van der Waals surface area contributed by atoms with Gasteiger partial charge in [0.15, 0.2) is 0 Å². The third kappa shape index (κ3) is 6.53. The summed E-state index contributed by atoms with van der Waals surface area (Å²) in [4.78, 5) is 24.5. The first-order valence-corrected chi connectivity index (χ1v) is 12.8. The van der Waals surface area contributed by atoms with Crippen LogP contribution in [0.5, 0.6) is 0 Å². The maximum Gasteiger partial charge on any atom is 0.258 e. The summed E-state index contributed by atoms with van der Waals surface area (Å²) in [5, 5.41) is 6.89. The Balaban J connectivity index is 1.59. The maximum atomic E-state index is 13.9. The third-order valence-corrected chi connectivity index (χ3v) is 6.28. The molecule has 0 fully saturated rings. The van der Waals surface area contributed by atoms with E-state index in [0.717, 1.165) is 22.4 Å². The molecule has 6 nitrogen and oxygen atoms in total. The number of carbonyl (C=O) groups is 1. The number of aromatic nitrogens is 2. The van der Waals surface area contributed by atoms with Crippen molar-refractivity contribution in [2.24, 2.45) is 0 Å². The maximum absolute atomic E-state index is 13.9. The number of carbonyl (C=O) groups excluding carboxylic acids is 1. The van der Waals surface area contributed by atoms with E-state index in [9.17, 15) is 4.79 Å². The monoisotopic (exact) mass is 493 g/mol. The molecule has 0 aliphatic carbocycles. The zero-order valence-electron chi connectivity index (χ0n) is 22.0. The predicted molar refractivity (Wildman–Crippen MR) is 151 cm³/mol. The van der Waals surface area contributed by atoms with Gasteiger partial charge in [-0.1, -0.05) is 42.5 Å². The fourth-order valence-electron chi connectivity index (χ4n) is 4.51. The van der Waals surface area contributed by atoms with E-state index in [4.69, 9.17) is 0 Å². The molecule has 2 aromatic heterocycles. The SMILES string of the molecule is CC(C)N(C(=O)c1c(CNc2ccc(-c3ccccc3)cc2)ccnc1NCc1ccncc1)C(C)C. The molecule has 4 aromatic rings. The first kappa shape index (κ1) is 25.9. The number of anilines is 2. The van der Waals surface area contributed by atoms with Crippen molar-refractivity contribution in [2.75, 3.05) is 10.6 Å². The number of amides is 1.